The Labute approximate surface area is 231 Å². The summed E-state index contributed by atoms with van der Waals surface area (Å²) in [4.78, 5) is 45.6. The van der Waals surface area contributed by atoms with Crippen LogP contribution < -0.4 is 15.8 Å². The largest absolute Gasteiger partial charge is 0.514 e. The number of nitro benzene ring substituents is 1. The molecule has 3 N–H and O–H groups in total. The summed E-state index contributed by atoms with van der Waals surface area (Å²) in [6.07, 6.45) is 0.898. The fourth-order valence-corrected chi connectivity index (χ4v) is 4.97. The summed E-state index contributed by atoms with van der Waals surface area (Å²) < 4.78 is 10.5. The molecule has 0 bridgehead atoms. The topological polar surface area (TPSA) is 160 Å². The molecule has 0 atom stereocenters. The molecule has 202 valence electrons. The number of amides is 1. The quantitative estimate of drug-likeness (QED) is 0.0696. The fraction of sp³-hybridized carbons (Fsp3) is 0.231. The van der Waals surface area contributed by atoms with Crippen LogP contribution in [0.3, 0.4) is 0 Å². The monoisotopic (exact) mass is 567 g/mol. The van der Waals surface area contributed by atoms with Crippen LogP contribution in [0.15, 0.2) is 53.7 Å². The fourth-order valence-electron chi connectivity index (χ4n) is 3.56. The van der Waals surface area contributed by atoms with E-state index in [0.29, 0.717) is 37.1 Å². The van der Waals surface area contributed by atoms with Crippen molar-refractivity contribution >= 4 is 56.8 Å². The lowest BCUT2D eigenvalue weighted by Gasteiger charge is -2.20. The standard InChI is InChI=1S/C26H25N5O6S2/c1-26(2,3)30-22(32)21-19(27)18-20(28-24(38-4)29-23(18)39-21)15-6-5-7-17(12-15)37-25(33)36-13-14-8-10-16(11-9-14)31(34)35/h5-12H,13,27H2,1-4H3,(H,30,32). The van der Waals surface area contributed by atoms with E-state index >= 15 is 0 Å². The van der Waals surface area contributed by atoms with E-state index in [4.69, 9.17) is 15.2 Å². The number of non-ortho nitro benzene ring substituents is 1. The van der Waals surface area contributed by atoms with Crippen molar-refractivity contribution in [1.29, 1.82) is 0 Å². The van der Waals surface area contributed by atoms with Crippen molar-refractivity contribution in [3.8, 4) is 17.0 Å². The molecule has 4 aromatic rings. The summed E-state index contributed by atoms with van der Waals surface area (Å²) in [6.45, 7) is 5.53. The number of hydrogen-bond acceptors (Lipinski definition) is 11. The van der Waals surface area contributed by atoms with E-state index in [-0.39, 0.29) is 29.6 Å². The van der Waals surface area contributed by atoms with Crippen LogP contribution in [0.5, 0.6) is 5.75 Å². The van der Waals surface area contributed by atoms with Crippen LogP contribution in [0.25, 0.3) is 21.5 Å². The lowest BCUT2D eigenvalue weighted by atomic mass is 10.1. The van der Waals surface area contributed by atoms with Crippen molar-refractivity contribution in [2.24, 2.45) is 0 Å². The predicted octanol–water partition coefficient (Wildman–Crippen LogP) is 5.81. The number of anilines is 1. The SMILES string of the molecule is CSc1nc(-c2cccc(OC(=O)OCc3ccc([N+](=O)[O-])cc3)c2)c2c(N)c(C(=O)NC(C)(C)C)sc2n1. The molecule has 2 heterocycles. The molecular formula is C26H25N5O6S2. The van der Waals surface area contributed by atoms with Gasteiger partial charge in [0.15, 0.2) is 5.16 Å². The van der Waals surface area contributed by atoms with Gasteiger partial charge in [-0.2, -0.15) is 0 Å². The maximum atomic E-state index is 12.9. The molecule has 0 aliphatic carbocycles. The average molecular weight is 568 g/mol. The molecule has 2 aromatic heterocycles. The van der Waals surface area contributed by atoms with Gasteiger partial charge in [-0.15, -0.1) is 11.3 Å². The first-order chi connectivity index (χ1) is 18.4. The molecule has 0 saturated heterocycles. The number of nitrogen functional groups attached to an aromatic ring is 1. The molecule has 0 radical (unpaired) electrons. The first-order valence-electron chi connectivity index (χ1n) is 11.6. The lowest BCUT2D eigenvalue weighted by molar-refractivity contribution is -0.384. The second kappa shape index (κ2) is 11.3. The molecule has 0 aliphatic rings. The number of rotatable bonds is 7. The zero-order valence-electron chi connectivity index (χ0n) is 21.5. The van der Waals surface area contributed by atoms with E-state index in [1.54, 1.807) is 24.3 Å². The molecular weight excluding hydrogens is 542 g/mol. The van der Waals surface area contributed by atoms with Gasteiger partial charge in [-0.05, 0) is 56.9 Å². The lowest BCUT2D eigenvalue weighted by Crippen LogP contribution is -2.40. The van der Waals surface area contributed by atoms with Crippen LogP contribution >= 0.6 is 23.1 Å². The van der Waals surface area contributed by atoms with Gasteiger partial charge in [-0.1, -0.05) is 23.9 Å². The molecule has 0 aliphatic heterocycles. The number of nitrogens with zero attached hydrogens (tertiary/aromatic N) is 3. The number of benzene rings is 2. The summed E-state index contributed by atoms with van der Waals surface area (Å²) >= 11 is 2.54. The van der Waals surface area contributed by atoms with Crippen molar-refractivity contribution < 1.29 is 24.0 Å². The van der Waals surface area contributed by atoms with E-state index in [1.165, 1.54) is 47.4 Å². The number of aromatic nitrogens is 2. The maximum Gasteiger partial charge on any atom is 0.514 e. The predicted molar refractivity (Wildman–Crippen MR) is 150 cm³/mol. The van der Waals surface area contributed by atoms with E-state index in [1.807, 2.05) is 27.0 Å². The Kier molecular flexibility index (Phi) is 8.02. The van der Waals surface area contributed by atoms with Gasteiger partial charge in [0, 0.05) is 23.2 Å². The van der Waals surface area contributed by atoms with Gasteiger partial charge in [-0.25, -0.2) is 14.8 Å². The van der Waals surface area contributed by atoms with Gasteiger partial charge in [0.1, 0.15) is 22.1 Å². The Hall–Kier alpha value is -4.23. The molecule has 0 spiro atoms. The van der Waals surface area contributed by atoms with Crippen LogP contribution in [0.1, 0.15) is 36.0 Å². The Morgan fingerprint density at radius 2 is 1.87 bits per heavy atom. The third-order valence-electron chi connectivity index (χ3n) is 5.26. The number of fused-ring (bicyclic) bond motifs is 1. The molecule has 0 saturated carbocycles. The minimum Gasteiger partial charge on any atom is -0.429 e. The Morgan fingerprint density at radius 3 is 2.51 bits per heavy atom. The molecule has 0 fully saturated rings. The van der Waals surface area contributed by atoms with Gasteiger partial charge in [0.05, 0.1) is 21.7 Å². The molecule has 0 unspecified atom stereocenters. The highest BCUT2D eigenvalue weighted by molar-refractivity contribution is 7.98. The van der Waals surface area contributed by atoms with Crippen molar-refractivity contribution in [3.63, 3.8) is 0 Å². The number of thiophene rings is 1. The van der Waals surface area contributed by atoms with E-state index in [9.17, 15) is 19.7 Å². The zero-order valence-corrected chi connectivity index (χ0v) is 23.1. The minimum absolute atomic E-state index is 0.0604. The highest BCUT2D eigenvalue weighted by Gasteiger charge is 2.25. The number of carbonyl (C=O) groups is 2. The van der Waals surface area contributed by atoms with E-state index in [0.717, 1.165) is 0 Å². The summed E-state index contributed by atoms with van der Waals surface area (Å²) in [5.74, 6) is -0.0920. The van der Waals surface area contributed by atoms with Gasteiger partial charge >= 0.3 is 6.16 Å². The summed E-state index contributed by atoms with van der Waals surface area (Å²) in [5.41, 5.74) is 7.88. The first kappa shape index (κ1) is 27.8. The average Bonchev–Trinajstić information content (AvgIpc) is 3.22. The normalized spacial score (nSPS) is 11.3. The van der Waals surface area contributed by atoms with Crippen LogP contribution in [0.4, 0.5) is 16.2 Å². The summed E-state index contributed by atoms with van der Waals surface area (Å²) in [7, 11) is 0. The maximum absolute atomic E-state index is 12.9. The van der Waals surface area contributed by atoms with Crippen molar-refractivity contribution in [3.05, 3.63) is 69.1 Å². The number of hydrogen-bond donors (Lipinski definition) is 2. The van der Waals surface area contributed by atoms with Gasteiger partial charge in [0.2, 0.25) is 0 Å². The first-order valence-corrected chi connectivity index (χ1v) is 13.6. The number of nitrogens with one attached hydrogen (secondary N) is 1. The second-order valence-electron chi connectivity index (χ2n) is 9.38. The second-order valence-corrected chi connectivity index (χ2v) is 11.2. The molecule has 4 rings (SSSR count). The molecule has 11 nitrogen and oxygen atoms in total. The van der Waals surface area contributed by atoms with Crippen molar-refractivity contribution in [2.45, 2.75) is 38.1 Å². The highest BCUT2D eigenvalue weighted by Crippen LogP contribution is 2.40. The number of thioether (sulfide) groups is 1. The molecule has 1 amide bonds. The molecule has 2 aromatic carbocycles. The van der Waals surface area contributed by atoms with E-state index < -0.39 is 16.6 Å². The van der Waals surface area contributed by atoms with Crippen LogP contribution in [0, 0.1) is 10.1 Å². The Bertz CT molecular complexity index is 1560. The summed E-state index contributed by atoms with van der Waals surface area (Å²) in [5, 5.41) is 14.7. The molecule has 39 heavy (non-hydrogen) atoms. The van der Waals surface area contributed by atoms with Gasteiger partial charge < -0.3 is 20.5 Å². The van der Waals surface area contributed by atoms with Gasteiger partial charge in [0.25, 0.3) is 11.6 Å². The number of ether oxygens (including phenoxy) is 2. The number of nitro groups is 1. The highest BCUT2D eigenvalue weighted by atomic mass is 32.2. The van der Waals surface area contributed by atoms with E-state index in [2.05, 4.69) is 15.3 Å². The third kappa shape index (κ3) is 6.62. The molecule has 13 heteroatoms. The van der Waals surface area contributed by atoms with Crippen LogP contribution in [-0.2, 0) is 11.3 Å². The number of carbonyl (C=O) groups excluding carboxylic acids is 2. The minimum atomic E-state index is -0.945. The zero-order chi connectivity index (χ0) is 28.3. The van der Waals surface area contributed by atoms with Gasteiger partial charge in [-0.3, -0.25) is 14.9 Å². The van der Waals surface area contributed by atoms with Crippen LogP contribution in [0.2, 0.25) is 0 Å². The van der Waals surface area contributed by atoms with Crippen LogP contribution in [-0.4, -0.2) is 38.7 Å². The third-order valence-corrected chi connectivity index (χ3v) is 6.90. The Balaban J connectivity index is 1.58. The summed E-state index contributed by atoms with van der Waals surface area (Å²) in [6, 6.07) is 12.3. The van der Waals surface area contributed by atoms with Crippen molar-refractivity contribution in [1.82, 2.24) is 15.3 Å². The van der Waals surface area contributed by atoms with Crippen molar-refractivity contribution in [2.75, 3.05) is 12.0 Å². The smallest absolute Gasteiger partial charge is 0.429 e. The Morgan fingerprint density at radius 1 is 1.15 bits per heavy atom. The number of nitrogens with two attached hydrogens (primary N) is 1.